The molecular weight excluding hydrogens is 252 g/mol. The third kappa shape index (κ3) is 1.72. The number of hydrogen-bond donors (Lipinski definition) is 1. The molecule has 0 spiro atoms. The average Bonchev–Trinajstić information content (AvgIpc) is 2.50. The molecule has 0 amide bonds. The highest BCUT2D eigenvalue weighted by molar-refractivity contribution is 7.98. The number of halogens is 2. The molecule has 1 aliphatic rings. The number of fused-ring (bicyclic) bond motifs is 2. The molecule has 2 aromatic rings. The normalized spacial score (nSPS) is 17.8. The van der Waals surface area contributed by atoms with E-state index >= 15 is 0 Å². The zero-order chi connectivity index (χ0) is 12.7. The van der Waals surface area contributed by atoms with Gasteiger partial charge >= 0.3 is 0 Å². The van der Waals surface area contributed by atoms with Gasteiger partial charge in [0.1, 0.15) is 11.6 Å². The van der Waals surface area contributed by atoms with Crippen molar-refractivity contribution in [2.24, 2.45) is 5.73 Å². The summed E-state index contributed by atoms with van der Waals surface area (Å²) in [5, 5.41) is 0. The minimum absolute atomic E-state index is 0.291. The van der Waals surface area contributed by atoms with Gasteiger partial charge in [0.15, 0.2) is 0 Å². The molecule has 0 aromatic heterocycles. The van der Waals surface area contributed by atoms with Gasteiger partial charge in [-0.1, -0.05) is 24.3 Å². The van der Waals surface area contributed by atoms with Gasteiger partial charge in [0.05, 0.1) is 6.04 Å². The van der Waals surface area contributed by atoms with Crippen LogP contribution in [0.5, 0.6) is 0 Å². The maximum atomic E-state index is 13.9. The standard InChI is InChI=1S/C14H11F2NS/c15-10-5-1-3-8-7-18-14-9(13(17)12(8)10)4-2-6-11(14)16/h1-6,13H,7,17H2/t13-/m1/s1. The summed E-state index contributed by atoms with van der Waals surface area (Å²) < 4.78 is 27.7. The second-order valence-electron chi connectivity index (χ2n) is 4.24. The molecule has 1 atom stereocenters. The van der Waals surface area contributed by atoms with E-state index in [1.54, 1.807) is 18.2 Å². The molecule has 18 heavy (non-hydrogen) atoms. The molecule has 2 aromatic carbocycles. The van der Waals surface area contributed by atoms with Crippen molar-refractivity contribution in [1.29, 1.82) is 0 Å². The summed E-state index contributed by atoms with van der Waals surface area (Å²) in [6.45, 7) is 0. The molecule has 0 aliphatic carbocycles. The van der Waals surface area contributed by atoms with Crippen LogP contribution in [0.25, 0.3) is 0 Å². The smallest absolute Gasteiger partial charge is 0.137 e. The fourth-order valence-corrected chi connectivity index (χ4v) is 3.40. The maximum absolute atomic E-state index is 13.9. The Morgan fingerprint density at radius 3 is 2.61 bits per heavy atom. The Morgan fingerprint density at radius 2 is 1.78 bits per heavy atom. The van der Waals surface area contributed by atoms with Crippen LogP contribution in [-0.2, 0) is 5.75 Å². The molecule has 0 saturated carbocycles. The lowest BCUT2D eigenvalue weighted by atomic mass is 9.95. The minimum atomic E-state index is -0.609. The first-order valence-corrected chi connectivity index (χ1v) is 6.61. The highest BCUT2D eigenvalue weighted by Gasteiger charge is 2.25. The van der Waals surface area contributed by atoms with E-state index in [1.165, 1.54) is 23.9 Å². The SMILES string of the molecule is N[C@@H]1c2cccc(F)c2SCc2cccc(F)c21. The van der Waals surface area contributed by atoms with Crippen LogP contribution in [0.3, 0.4) is 0 Å². The molecule has 0 unspecified atom stereocenters. The molecular formula is C14H11F2NS. The van der Waals surface area contributed by atoms with Crippen LogP contribution in [0.1, 0.15) is 22.7 Å². The van der Waals surface area contributed by atoms with Crippen molar-refractivity contribution < 1.29 is 8.78 Å². The summed E-state index contributed by atoms with van der Waals surface area (Å²) in [4.78, 5) is 0.528. The quantitative estimate of drug-likeness (QED) is 0.785. The Hall–Kier alpha value is -1.39. The van der Waals surface area contributed by atoms with Gasteiger partial charge in [-0.3, -0.25) is 0 Å². The first kappa shape index (κ1) is 11.7. The molecule has 0 saturated heterocycles. The number of rotatable bonds is 0. The lowest BCUT2D eigenvalue weighted by molar-refractivity contribution is 0.581. The van der Waals surface area contributed by atoms with Crippen molar-refractivity contribution >= 4 is 11.8 Å². The molecule has 1 nitrogen and oxygen atoms in total. The molecule has 0 fully saturated rings. The van der Waals surface area contributed by atoms with Crippen LogP contribution in [0.15, 0.2) is 41.3 Å². The fourth-order valence-electron chi connectivity index (χ4n) is 2.28. The summed E-state index contributed by atoms with van der Waals surface area (Å²) in [5.74, 6) is -0.0757. The summed E-state index contributed by atoms with van der Waals surface area (Å²) in [6.07, 6.45) is 0. The first-order chi connectivity index (χ1) is 8.68. The van der Waals surface area contributed by atoms with Gasteiger partial charge in [0.2, 0.25) is 0 Å². The van der Waals surface area contributed by atoms with E-state index in [1.807, 2.05) is 6.07 Å². The van der Waals surface area contributed by atoms with Crippen LogP contribution < -0.4 is 5.73 Å². The first-order valence-electron chi connectivity index (χ1n) is 5.62. The lowest BCUT2D eigenvalue weighted by Crippen LogP contribution is -2.15. The predicted molar refractivity (Wildman–Crippen MR) is 68.4 cm³/mol. The molecule has 4 heteroatoms. The van der Waals surface area contributed by atoms with Gasteiger partial charge in [0.25, 0.3) is 0 Å². The van der Waals surface area contributed by atoms with Crippen molar-refractivity contribution in [3.8, 4) is 0 Å². The highest BCUT2D eigenvalue weighted by atomic mass is 32.2. The van der Waals surface area contributed by atoms with E-state index in [9.17, 15) is 8.78 Å². The second-order valence-corrected chi connectivity index (χ2v) is 5.22. The van der Waals surface area contributed by atoms with E-state index in [2.05, 4.69) is 0 Å². The molecule has 2 N–H and O–H groups in total. The van der Waals surface area contributed by atoms with Crippen LogP contribution in [0.4, 0.5) is 8.78 Å². The molecule has 3 rings (SSSR count). The van der Waals surface area contributed by atoms with Crippen molar-refractivity contribution in [2.45, 2.75) is 16.7 Å². The Kier molecular flexibility index (Phi) is 2.84. The predicted octanol–water partition coefficient (Wildman–Crippen LogP) is 3.62. The van der Waals surface area contributed by atoms with Gasteiger partial charge in [-0.2, -0.15) is 0 Å². The zero-order valence-electron chi connectivity index (χ0n) is 9.49. The van der Waals surface area contributed by atoms with Crippen LogP contribution in [0.2, 0.25) is 0 Å². The third-order valence-corrected chi connectivity index (χ3v) is 4.33. The topological polar surface area (TPSA) is 26.0 Å². The van der Waals surface area contributed by atoms with Crippen LogP contribution in [0, 0.1) is 11.6 Å². The monoisotopic (exact) mass is 263 g/mol. The third-order valence-electron chi connectivity index (χ3n) is 3.16. The number of thioether (sulfide) groups is 1. The van der Waals surface area contributed by atoms with E-state index < -0.39 is 6.04 Å². The van der Waals surface area contributed by atoms with Gasteiger partial charge in [-0.05, 0) is 23.3 Å². The van der Waals surface area contributed by atoms with E-state index in [-0.39, 0.29) is 11.6 Å². The van der Waals surface area contributed by atoms with E-state index in [4.69, 9.17) is 5.73 Å². The van der Waals surface area contributed by atoms with Gasteiger partial charge in [-0.15, -0.1) is 11.8 Å². The Bertz CT molecular complexity index is 613. The number of benzene rings is 2. The second kappa shape index (κ2) is 4.37. The van der Waals surface area contributed by atoms with Crippen molar-refractivity contribution in [3.63, 3.8) is 0 Å². The van der Waals surface area contributed by atoms with Crippen LogP contribution >= 0.6 is 11.8 Å². The fraction of sp³-hybridized carbons (Fsp3) is 0.143. The summed E-state index contributed by atoms with van der Waals surface area (Å²) in [7, 11) is 0. The average molecular weight is 263 g/mol. The summed E-state index contributed by atoms with van der Waals surface area (Å²) >= 11 is 1.37. The molecule has 0 bridgehead atoms. The largest absolute Gasteiger partial charge is 0.320 e. The number of nitrogens with two attached hydrogens (primary N) is 1. The summed E-state index contributed by atoms with van der Waals surface area (Å²) in [5.41, 5.74) is 8.08. The van der Waals surface area contributed by atoms with Gasteiger partial charge < -0.3 is 5.73 Å². The Balaban J connectivity index is 2.24. The molecule has 0 radical (unpaired) electrons. The minimum Gasteiger partial charge on any atom is -0.320 e. The van der Waals surface area contributed by atoms with E-state index in [0.29, 0.717) is 21.8 Å². The maximum Gasteiger partial charge on any atom is 0.137 e. The zero-order valence-corrected chi connectivity index (χ0v) is 10.3. The van der Waals surface area contributed by atoms with Crippen molar-refractivity contribution in [3.05, 3.63) is 64.7 Å². The molecule has 1 aliphatic heterocycles. The highest BCUT2D eigenvalue weighted by Crippen LogP contribution is 2.40. The van der Waals surface area contributed by atoms with Crippen LogP contribution in [-0.4, -0.2) is 0 Å². The Labute approximate surface area is 108 Å². The Morgan fingerprint density at radius 1 is 1.06 bits per heavy atom. The summed E-state index contributed by atoms with van der Waals surface area (Å²) in [6, 6.07) is 9.07. The molecule has 1 heterocycles. The van der Waals surface area contributed by atoms with Crippen molar-refractivity contribution in [2.75, 3.05) is 0 Å². The number of hydrogen-bond acceptors (Lipinski definition) is 2. The van der Waals surface area contributed by atoms with Gasteiger partial charge in [0, 0.05) is 16.2 Å². The lowest BCUT2D eigenvalue weighted by Gasteiger charge is -2.15. The van der Waals surface area contributed by atoms with Crippen molar-refractivity contribution in [1.82, 2.24) is 0 Å². The van der Waals surface area contributed by atoms with E-state index in [0.717, 1.165) is 5.56 Å². The van der Waals surface area contributed by atoms with Gasteiger partial charge in [-0.25, -0.2) is 8.78 Å². The molecule has 92 valence electrons.